The number of hydrogen-bond donors (Lipinski definition) is 2. The molecule has 0 amide bonds. The van der Waals surface area contributed by atoms with Crippen LogP contribution in [-0.2, 0) is 12.8 Å². The maximum atomic E-state index is 13.3. The normalized spacial score (nSPS) is 10.5. The number of ketones is 1. The number of rotatable bonds is 8. The van der Waals surface area contributed by atoms with E-state index in [0.29, 0.717) is 28.3 Å². The number of hydrogen-bond acceptors (Lipinski definition) is 4. The Morgan fingerprint density at radius 3 is 2.39 bits per heavy atom. The molecule has 0 unspecified atom stereocenters. The Kier molecular flexibility index (Phi) is 7.56. The van der Waals surface area contributed by atoms with Crippen molar-refractivity contribution in [1.82, 2.24) is 0 Å². The van der Waals surface area contributed by atoms with Crippen LogP contribution in [0, 0.1) is 0 Å². The quantitative estimate of drug-likeness (QED) is 0.299. The number of ether oxygens (including phenoxy) is 1. The van der Waals surface area contributed by atoms with Gasteiger partial charge in [0, 0.05) is 34.2 Å². The minimum absolute atomic E-state index is 0.204. The van der Waals surface area contributed by atoms with Crippen LogP contribution in [0.3, 0.4) is 0 Å². The molecule has 0 saturated carbocycles. The number of aromatic hydroxyl groups is 1. The second kappa shape index (κ2) is 10.4. The average Bonchev–Trinajstić information content (AvgIpc) is 2.78. The fourth-order valence-corrected chi connectivity index (χ4v) is 3.95. The van der Waals surface area contributed by atoms with Crippen molar-refractivity contribution in [2.75, 3.05) is 7.11 Å². The van der Waals surface area contributed by atoms with Crippen LogP contribution in [-0.4, -0.2) is 29.1 Å². The van der Waals surface area contributed by atoms with Crippen molar-refractivity contribution < 1.29 is 24.5 Å². The number of carbonyl (C=O) groups excluding carboxylic acids is 1. The van der Waals surface area contributed by atoms with Crippen LogP contribution in [0.15, 0.2) is 66.2 Å². The molecule has 3 rings (SSSR count). The standard InChI is InChI=1S/C27H25ClO5/c1-16(2)11-12-20-21(26(27(31)32)24(30)15-25(20)33-3)14-23(29)18-8-6-7-17(13-18)19-9-4-5-10-22(19)28/h4-11,13,15,30H,12,14H2,1-3H3,(H,31,32). The molecule has 0 radical (unpaired) electrons. The van der Waals surface area contributed by atoms with Crippen molar-refractivity contribution in [3.63, 3.8) is 0 Å². The summed E-state index contributed by atoms with van der Waals surface area (Å²) in [5.41, 5.74) is 3.54. The molecule has 0 aliphatic heterocycles. The van der Waals surface area contributed by atoms with Crippen LogP contribution in [0.1, 0.15) is 45.7 Å². The number of aromatic carboxylic acids is 1. The number of allylic oxidation sites excluding steroid dienone is 2. The molecule has 0 atom stereocenters. The van der Waals surface area contributed by atoms with Crippen LogP contribution in [0.2, 0.25) is 5.02 Å². The zero-order chi connectivity index (χ0) is 24.1. The summed E-state index contributed by atoms with van der Waals surface area (Å²) in [6.07, 6.45) is 2.09. The first-order valence-corrected chi connectivity index (χ1v) is 10.8. The highest BCUT2D eigenvalue weighted by molar-refractivity contribution is 6.33. The van der Waals surface area contributed by atoms with Gasteiger partial charge in [0.05, 0.1) is 7.11 Å². The van der Waals surface area contributed by atoms with Crippen molar-refractivity contribution >= 4 is 23.4 Å². The lowest BCUT2D eigenvalue weighted by Gasteiger charge is -2.17. The lowest BCUT2D eigenvalue weighted by molar-refractivity contribution is 0.0692. The summed E-state index contributed by atoms with van der Waals surface area (Å²) in [6, 6.07) is 15.7. The molecule has 0 spiro atoms. The summed E-state index contributed by atoms with van der Waals surface area (Å²) in [6.45, 7) is 3.85. The Hall–Kier alpha value is -3.57. The van der Waals surface area contributed by atoms with E-state index in [4.69, 9.17) is 16.3 Å². The van der Waals surface area contributed by atoms with Crippen molar-refractivity contribution in [1.29, 1.82) is 0 Å². The fraction of sp³-hybridized carbons (Fsp3) is 0.185. The summed E-state index contributed by atoms with van der Waals surface area (Å²) in [4.78, 5) is 25.3. The lowest BCUT2D eigenvalue weighted by atomic mass is 9.90. The van der Waals surface area contributed by atoms with Crippen LogP contribution in [0.25, 0.3) is 11.1 Å². The van der Waals surface area contributed by atoms with Gasteiger partial charge >= 0.3 is 5.97 Å². The van der Waals surface area contributed by atoms with Crippen LogP contribution in [0.5, 0.6) is 11.5 Å². The van der Waals surface area contributed by atoms with Gasteiger partial charge in [0.25, 0.3) is 0 Å². The summed E-state index contributed by atoms with van der Waals surface area (Å²) < 4.78 is 5.40. The molecule has 0 fully saturated rings. The first-order chi connectivity index (χ1) is 15.7. The van der Waals surface area contributed by atoms with E-state index in [2.05, 4.69) is 0 Å². The maximum Gasteiger partial charge on any atom is 0.339 e. The maximum absolute atomic E-state index is 13.3. The van der Waals surface area contributed by atoms with E-state index in [-0.39, 0.29) is 23.3 Å². The van der Waals surface area contributed by atoms with Crippen molar-refractivity contribution in [2.24, 2.45) is 0 Å². The molecule has 2 N–H and O–H groups in total. The third-order valence-corrected chi connectivity index (χ3v) is 5.67. The van der Waals surface area contributed by atoms with E-state index in [0.717, 1.165) is 16.7 Å². The van der Waals surface area contributed by atoms with Gasteiger partial charge in [-0.25, -0.2) is 4.79 Å². The second-order valence-corrected chi connectivity index (χ2v) is 8.29. The van der Waals surface area contributed by atoms with Gasteiger partial charge in [0.15, 0.2) is 5.78 Å². The monoisotopic (exact) mass is 464 g/mol. The summed E-state index contributed by atoms with van der Waals surface area (Å²) in [5, 5.41) is 20.7. The Morgan fingerprint density at radius 1 is 1.03 bits per heavy atom. The predicted molar refractivity (Wildman–Crippen MR) is 130 cm³/mol. The number of carbonyl (C=O) groups is 2. The molecule has 5 nitrogen and oxygen atoms in total. The zero-order valence-electron chi connectivity index (χ0n) is 18.7. The van der Waals surface area contributed by atoms with E-state index >= 15 is 0 Å². The van der Waals surface area contributed by atoms with Gasteiger partial charge in [-0.3, -0.25) is 4.79 Å². The SMILES string of the molecule is COc1cc(O)c(C(=O)O)c(CC(=O)c2cccc(-c3ccccc3Cl)c2)c1CC=C(C)C. The number of benzene rings is 3. The Bertz CT molecular complexity index is 1240. The molecular formula is C27H25ClO5. The van der Waals surface area contributed by atoms with Gasteiger partial charge in [-0.05, 0) is 43.5 Å². The largest absolute Gasteiger partial charge is 0.507 e. The molecule has 3 aromatic carbocycles. The molecule has 0 aromatic heterocycles. The van der Waals surface area contributed by atoms with Crippen LogP contribution in [0.4, 0.5) is 0 Å². The number of carboxylic acids is 1. The fourth-order valence-electron chi connectivity index (χ4n) is 3.70. The second-order valence-electron chi connectivity index (χ2n) is 7.88. The highest BCUT2D eigenvalue weighted by Crippen LogP contribution is 2.35. The van der Waals surface area contributed by atoms with Crippen LogP contribution < -0.4 is 4.74 Å². The molecular weight excluding hydrogens is 440 g/mol. The van der Waals surface area contributed by atoms with Crippen molar-refractivity contribution in [2.45, 2.75) is 26.7 Å². The third kappa shape index (κ3) is 5.44. The Labute approximate surface area is 197 Å². The van der Waals surface area contributed by atoms with Gasteiger partial charge < -0.3 is 14.9 Å². The van der Waals surface area contributed by atoms with Gasteiger partial charge in [0.2, 0.25) is 0 Å². The molecule has 170 valence electrons. The van der Waals surface area contributed by atoms with Gasteiger partial charge in [-0.1, -0.05) is 59.6 Å². The molecule has 0 heterocycles. The minimum atomic E-state index is -1.30. The lowest BCUT2D eigenvalue weighted by Crippen LogP contribution is -2.13. The highest BCUT2D eigenvalue weighted by atomic mass is 35.5. The molecule has 33 heavy (non-hydrogen) atoms. The van der Waals surface area contributed by atoms with Crippen molar-refractivity contribution in [3.05, 3.63) is 93.5 Å². The number of phenols is 1. The van der Waals surface area contributed by atoms with E-state index in [1.54, 1.807) is 24.3 Å². The Morgan fingerprint density at radius 2 is 1.76 bits per heavy atom. The number of Topliss-reactive ketones (excluding diaryl/α,β-unsaturated/α-hetero) is 1. The average molecular weight is 465 g/mol. The van der Waals surface area contributed by atoms with E-state index in [9.17, 15) is 19.8 Å². The van der Waals surface area contributed by atoms with E-state index in [1.807, 2.05) is 44.2 Å². The molecule has 0 saturated heterocycles. The molecule has 0 bridgehead atoms. The van der Waals surface area contributed by atoms with Gasteiger partial charge in [0.1, 0.15) is 17.1 Å². The smallest absolute Gasteiger partial charge is 0.339 e. The van der Waals surface area contributed by atoms with Crippen molar-refractivity contribution in [3.8, 4) is 22.6 Å². The first kappa shape index (κ1) is 24.1. The molecule has 0 aliphatic rings. The molecule has 3 aromatic rings. The summed E-state index contributed by atoms with van der Waals surface area (Å²) in [7, 11) is 1.44. The number of carboxylic acid groups (broad SMARTS) is 1. The van der Waals surface area contributed by atoms with E-state index < -0.39 is 11.7 Å². The zero-order valence-corrected chi connectivity index (χ0v) is 19.4. The highest BCUT2D eigenvalue weighted by Gasteiger charge is 2.25. The molecule has 6 heteroatoms. The number of methoxy groups -OCH3 is 1. The minimum Gasteiger partial charge on any atom is -0.507 e. The summed E-state index contributed by atoms with van der Waals surface area (Å²) >= 11 is 6.31. The van der Waals surface area contributed by atoms with Gasteiger partial charge in [-0.15, -0.1) is 0 Å². The van der Waals surface area contributed by atoms with Crippen LogP contribution >= 0.6 is 11.6 Å². The summed E-state index contributed by atoms with van der Waals surface area (Å²) in [5.74, 6) is -1.69. The number of halogens is 1. The first-order valence-electron chi connectivity index (χ1n) is 10.4. The topological polar surface area (TPSA) is 83.8 Å². The Balaban J connectivity index is 2.09. The van der Waals surface area contributed by atoms with E-state index in [1.165, 1.54) is 13.2 Å². The molecule has 0 aliphatic carbocycles. The predicted octanol–water partition coefficient (Wildman–Crippen LogP) is 6.35. The van der Waals surface area contributed by atoms with Gasteiger partial charge in [-0.2, -0.15) is 0 Å². The third-order valence-electron chi connectivity index (χ3n) is 5.34.